The Balaban J connectivity index is 1.57. The molecule has 2 aliphatic rings. The Morgan fingerprint density at radius 1 is 1.05 bits per heavy atom. The van der Waals surface area contributed by atoms with E-state index in [9.17, 15) is 9.59 Å². The SMILES string of the molecule is O=C(N[C@H]1CC[C@@H](C(=O)O)C1)C1CCc2ccccc2C1. The second-order valence-electron chi connectivity index (χ2n) is 6.26. The van der Waals surface area contributed by atoms with Gasteiger partial charge < -0.3 is 10.4 Å². The molecule has 4 nitrogen and oxygen atoms in total. The Morgan fingerprint density at radius 3 is 2.52 bits per heavy atom. The van der Waals surface area contributed by atoms with Gasteiger partial charge in [0, 0.05) is 12.0 Å². The van der Waals surface area contributed by atoms with E-state index in [-0.39, 0.29) is 23.8 Å². The van der Waals surface area contributed by atoms with Crippen molar-refractivity contribution in [2.75, 3.05) is 0 Å². The number of carbonyl (C=O) groups is 2. The molecule has 3 atom stereocenters. The minimum Gasteiger partial charge on any atom is -0.481 e. The molecule has 112 valence electrons. The third-order valence-electron chi connectivity index (χ3n) is 4.85. The molecule has 4 heteroatoms. The van der Waals surface area contributed by atoms with Crippen molar-refractivity contribution in [1.29, 1.82) is 0 Å². The molecule has 21 heavy (non-hydrogen) atoms. The molecule has 2 aliphatic carbocycles. The van der Waals surface area contributed by atoms with Crippen molar-refractivity contribution in [3.63, 3.8) is 0 Å². The summed E-state index contributed by atoms with van der Waals surface area (Å²) >= 11 is 0. The highest BCUT2D eigenvalue weighted by molar-refractivity contribution is 5.80. The Labute approximate surface area is 124 Å². The molecule has 0 saturated heterocycles. The Kier molecular flexibility index (Phi) is 3.95. The van der Waals surface area contributed by atoms with E-state index >= 15 is 0 Å². The minimum absolute atomic E-state index is 0.0313. The van der Waals surface area contributed by atoms with Gasteiger partial charge in [-0.05, 0) is 49.7 Å². The number of aliphatic carboxylic acids is 1. The van der Waals surface area contributed by atoms with Gasteiger partial charge in [-0.1, -0.05) is 24.3 Å². The molecular formula is C17H21NO3. The van der Waals surface area contributed by atoms with Crippen LogP contribution >= 0.6 is 0 Å². The quantitative estimate of drug-likeness (QED) is 0.895. The number of carbonyl (C=O) groups excluding carboxylic acids is 1. The predicted octanol–water partition coefficient (Wildman–Crippen LogP) is 2.16. The highest BCUT2D eigenvalue weighted by atomic mass is 16.4. The zero-order valence-electron chi connectivity index (χ0n) is 12.0. The van der Waals surface area contributed by atoms with Crippen LogP contribution in [0.5, 0.6) is 0 Å². The summed E-state index contributed by atoms with van der Waals surface area (Å²) in [5, 5.41) is 12.1. The Bertz CT molecular complexity index is 555. The normalized spacial score (nSPS) is 27.9. The average Bonchev–Trinajstić information content (AvgIpc) is 2.95. The molecule has 2 N–H and O–H groups in total. The van der Waals surface area contributed by atoms with E-state index in [4.69, 9.17) is 5.11 Å². The van der Waals surface area contributed by atoms with Crippen LogP contribution in [0.25, 0.3) is 0 Å². The lowest BCUT2D eigenvalue weighted by atomic mass is 9.83. The van der Waals surface area contributed by atoms with E-state index in [1.54, 1.807) is 0 Å². The van der Waals surface area contributed by atoms with E-state index in [1.165, 1.54) is 11.1 Å². The van der Waals surface area contributed by atoms with E-state index in [0.717, 1.165) is 25.7 Å². The third-order valence-corrected chi connectivity index (χ3v) is 4.85. The lowest BCUT2D eigenvalue weighted by molar-refractivity contribution is -0.141. The van der Waals surface area contributed by atoms with Gasteiger partial charge in [-0.3, -0.25) is 9.59 Å². The lowest BCUT2D eigenvalue weighted by Gasteiger charge is -2.25. The van der Waals surface area contributed by atoms with Crippen LogP contribution in [0.1, 0.15) is 36.8 Å². The monoisotopic (exact) mass is 287 g/mol. The first-order chi connectivity index (χ1) is 10.1. The Hall–Kier alpha value is -1.84. The maximum absolute atomic E-state index is 12.4. The number of hydrogen-bond donors (Lipinski definition) is 2. The summed E-state index contributed by atoms with van der Waals surface area (Å²) in [6, 6.07) is 8.34. The second-order valence-corrected chi connectivity index (χ2v) is 6.26. The van der Waals surface area contributed by atoms with Crippen molar-refractivity contribution in [3.05, 3.63) is 35.4 Å². The van der Waals surface area contributed by atoms with Crippen molar-refractivity contribution < 1.29 is 14.7 Å². The van der Waals surface area contributed by atoms with Gasteiger partial charge in [0.25, 0.3) is 0 Å². The van der Waals surface area contributed by atoms with Crippen molar-refractivity contribution >= 4 is 11.9 Å². The molecule has 0 aromatic heterocycles. The van der Waals surface area contributed by atoms with Crippen LogP contribution in [0.3, 0.4) is 0 Å². The number of carboxylic acids is 1. The van der Waals surface area contributed by atoms with Gasteiger partial charge >= 0.3 is 5.97 Å². The number of amides is 1. The van der Waals surface area contributed by atoms with Crippen LogP contribution in [-0.4, -0.2) is 23.0 Å². The first-order valence-electron chi connectivity index (χ1n) is 7.73. The predicted molar refractivity (Wildman–Crippen MR) is 78.9 cm³/mol. The van der Waals surface area contributed by atoms with Gasteiger partial charge in [0.05, 0.1) is 5.92 Å². The van der Waals surface area contributed by atoms with Crippen LogP contribution in [0.2, 0.25) is 0 Å². The largest absolute Gasteiger partial charge is 0.481 e. The summed E-state index contributed by atoms with van der Waals surface area (Å²) < 4.78 is 0. The molecule has 1 amide bonds. The molecule has 0 radical (unpaired) electrons. The second kappa shape index (κ2) is 5.88. The van der Waals surface area contributed by atoms with Crippen LogP contribution in [0, 0.1) is 11.8 Å². The zero-order chi connectivity index (χ0) is 14.8. The van der Waals surface area contributed by atoms with E-state index in [2.05, 4.69) is 17.4 Å². The van der Waals surface area contributed by atoms with Crippen LogP contribution in [-0.2, 0) is 22.4 Å². The number of rotatable bonds is 3. The van der Waals surface area contributed by atoms with E-state index in [1.807, 2.05) is 12.1 Å². The van der Waals surface area contributed by atoms with Crippen LogP contribution < -0.4 is 5.32 Å². The van der Waals surface area contributed by atoms with Gasteiger partial charge in [0.15, 0.2) is 0 Å². The topological polar surface area (TPSA) is 66.4 Å². The molecule has 1 unspecified atom stereocenters. The van der Waals surface area contributed by atoms with Crippen LogP contribution in [0.15, 0.2) is 24.3 Å². The van der Waals surface area contributed by atoms with Crippen molar-refractivity contribution in [2.24, 2.45) is 11.8 Å². The fourth-order valence-corrected chi connectivity index (χ4v) is 3.58. The number of nitrogens with one attached hydrogen (secondary N) is 1. The van der Waals surface area contributed by atoms with Gasteiger partial charge in [-0.15, -0.1) is 0 Å². The summed E-state index contributed by atoms with van der Waals surface area (Å²) in [4.78, 5) is 23.3. The number of hydrogen-bond acceptors (Lipinski definition) is 2. The van der Waals surface area contributed by atoms with E-state index in [0.29, 0.717) is 12.8 Å². The van der Waals surface area contributed by atoms with Gasteiger partial charge in [-0.25, -0.2) is 0 Å². The highest BCUT2D eigenvalue weighted by Crippen LogP contribution is 2.28. The summed E-state index contributed by atoms with van der Waals surface area (Å²) in [5.41, 5.74) is 2.63. The molecule has 0 bridgehead atoms. The fraction of sp³-hybridized carbons (Fsp3) is 0.529. The van der Waals surface area contributed by atoms with Gasteiger partial charge in [-0.2, -0.15) is 0 Å². The highest BCUT2D eigenvalue weighted by Gasteiger charge is 2.32. The number of fused-ring (bicyclic) bond motifs is 1. The summed E-state index contributed by atoms with van der Waals surface area (Å²) in [6.45, 7) is 0. The summed E-state index contributed by atoms with van der Waals surface area (Å²) in [7, 11) is 0. The van der Waals surface area contributed by atoms with Gasteiger partial charge in [0.2, 0.25) is 5.91 Å². The molecule has 1 fully saturated rings. The van der Waals surface area contributed by atoms with Crippen molar-refractivity contribution in [2.45, 2.75) is 44.6 Å². The number of benzene rings is 1. The number of carboxylic acid groups (broad SMARTS) is 1. The summed E-state index contributed by atoms with van der Waals surface area (Å²) in [5.74, 6) is -0.898. The standard InChI is InChI=1S/C17H21NO3/c19-16(18-15-8-7-14(10-15)17(20)21)13-6-5-11-3-1-2-4-12(11)9-13/h1-4,13-15H,5-10H2,(H,18,19)(H,20,21)/t13?,14-,15+/m1/s1. The van der Waals surface area contributed by atoms with E-state index < -0.39 is 5.97 Å². The fourth-order valence-electron chi connectivity index (χ4n) is 3.58. The molecule has 1 saturated carbocycles. The number of aryl methyl sites for hydroxylation is 1. The first-order valence-corrected chi connectivity index (χ1v) is 7.73. The molecule has 3 rings (SSSR count). The van der Waals surface area contributed by atoms with Gasteiger partial charge in [0.1, 0.15) is 0 Å². The Morgan fingerprint density at radius 2 is 1.81 bits per heavy atom. The third kappa shape index (κ3) is 3.09. The zero-order valence-corrected chi connectivity index (χ0v) is 12.0. The maximum atomic E-state index is 12.4. The van der Waals surface area contributed by atoms with Crippen molar-refractivity contribution in [1.82, 2.24) is 5.32 Å². The maximum Gasteiger partial charge on any atom is 0.306 e. The lowest BCUT2D eigenvalue weighted by Crippen LogP contribution is -2.39. The summed E-state index contributed by atoms with van der Waals surface area (Å²) in [6.07, 6.45) is 4.68. The van der Waals surface area contributed by atoms with Crippen LogP contribution in [0.4, 0.5) is 0 Å². The molecule has 0 heterocycles. The van der Waals surface area contributed by atoms with Crippen molar-refractivity contribution in [3.8, 4) is 0 Å². The molecule has 0 spiro atoms. The molecule has 1 aromatic rings. The average molecular weight is 287 g/mol. The molecule has 1 aromatic carbocycles. The first kappa shape index (κ1) is 14.1. The minimum atomic E-state index is -0.738. The smallest absolute Gasteiger partial charge is 0.306 e. The molecule has 0 aliphatic heterocycles. The molecular weight excluding hydrogens is 266 g/mol.